The standard InChI is InChI=1S/C20H22N2O3/c1-14(22-10-9-17(22)11-15-5-3-2-4-6-15)20(23)21-16-7-8-18-19(12-16)25-13-24-18/h2-8,12,14,17H,9-11,13H2,1H3,(H,21,23). The third-order valence-corrected chi connectivity index (χ3v) is 5.02. The van der Waals surface area contributed by atoms with Gasteiger partial charge in [0.1, 0.15) is 0 Å². The van der Waals surface area contributed by atoms with Gasteiger partial charge in [0.25, 0.3) is 0 Å². The number of fused-ring (bicyclic) bond motifs is 1. The lowest BCUT2D eigenvalue weighted by molar-refractivity contribution is -0.124. The molecular formula is C20H22N2O3. The second kappa shape index (κ2) is 6.76. The summed E-state index contributed by atoms with van der Waals surface area (Å²) in [6.45, 7) is 3.17. The van der Waals surface area contributed by atoms with Gasteiger partial charge in [-0.15, -0.1) is 0 Å². The Morgan fingerprint density at radius 2 is 2.00 bits per heavy atom. The molecule has 25 heavy (non-hydrogen) atoms. The Hall–Kier alpha value is -2.53. The van der Waals surface area contributed by atoms with E-state index < -0.39 is 0 Å². The zero-order valence-electron chi connectivity index (χ0n) is 14.3. The molecule has 1 saturated heterocycles. The van der Waals surface area contributed by atoms with Crippen molar-refractivity contribution in [3.8, 4) is 11.5 Å². The van der Waals surface area contributed by atoms with Crippen molar-refractivity contribution in [3.05, 3.63) is 54.1 Å². The molecule has 1 N–H and O–H groups in total. The summed E-state index contributed by atoms with van der Waals surface area (Å²) in [4.78, 5) is 14.9. The average Bonchev–Trinajstić information content (AvgIpc) is 3.07. The van der Waals surface area contributed by atoms with Crippen LogP contribution in [0.5, 0.6) is 11.5 Å². The molecule has 130 valence electrons. The molecule has 0 aliphatic carbocycles. The van der Waals surface area contributed by atoms with Crippen molar-refractivity contribution in [1.29, 1.82) is 0 Å². The lowest BCUT2D eigenvalue weighted by Gasteiger charge is -2.44. The topological polar surface area (TPSA) is 50.8 Å². The summed E-state index contributed by atoms with van der Waals surface area (Å²) in [5.41, 5.74) is 2.06. The van der Waals surface area contributed by atoms with Crippen LogP contribution in [0.3, 0.4) is 0 Å². The summed E-state index contributed by atoms with van der Waals surface area (Å²) >= 11 is 0. The molecule has 0 radical (unpaired) electrons. The lowest BCUT2D eigenvalue weighted by Crippen LogP contribution is -2.56. The molecule has 1 amide bonds. The molecule has 0 bridgehead atoms. The number of carbonyl (C=O) groups excluding carboxylic acids is 1. The Balaban J connectivity index is 1.37. The number of rotatable bonds is 5. The number of ether oxygens (including phenoxy) is 2. The van der Waals surface area contributed by atoms with E-state index in [1.165, 1.54) is 5.56 Å². The summed E-state index contributed by atoms with van der Waals surface area (Å²) < 4.78 is 10.7. The van der Waals surface area contributed by atoms with Crippen LogP contribution < -0.4 is 14.8 Å². The summed E-state index contributed by atoms with van der Waals surface area (Å²) in [6, 6.07) is 16.2. The third kappa shape index (κ3) is 3.33. The maximum Gasteiger partial charge on any atom is 0.241 e. The molecule has 2 aromatic carbocycles. The van der Waals surface area contributed by atoms with Gasteiger partial charge in [-0.2, -0.15) is 0 Å². The molecule has 2 aliphatic heterocycles. The van der Waals surface area contributed by atoms with Crippen LogP contribution in [0.1, 0.15) is 18.9 Å². The zero-order valence-corrected chi connectivity index (χ0v) is 14.3. The smallest absolute Gasteiger partial charge is 0.241 e. The third-order valence-electron chi connectivity index (χ3n) is 5.02. The van der Waals surface area contributed by atoms with E-state index in [2.05, 4.69) is 34.5 Å². The number of nitrogens with one attached hydrogen (secondary N) is 1. The summed E-state index contributed by atoms with van der Waals surface area (Å²) in [5.74, 6) is 1.41. The van der Waals surface area contributed by atoms with E-state index in [4.69, 9.17) is 9.47 Å². The van der Waals surface area contributed by atoms with Crippen molar-refractivity contribution in [2.75, 3.05) is 18.7 Å². The van der Waals surface area contributed by atoms with E-state index in [9.17, 15) is 4.79 Å². The first-order valence-corrected chi connectivity index (χ1v) is 8.71. The van der Waals surface area contributed by atoms with E-state index in [-0.39, 0.29) is 18.7 Å². The van der Waals surface area contributed by atoms with E-state index in [1.807, 2.05) is 31.2 Å². The first-order chi connectivity index (χ1) is 12.2. The minimum absolute atomic E-state index is 0.0108. The first kappa shape index (κ1) is 16.0. The molecule has 2 atom stereocenters. The normalized spacial score (nSPS) is 20.0. The Labute approximate surface area is 147 Å². The maximum absolute atomic E-state index is 12.6. The monoisotopic (exact) mass is 338 g/mol. The highest BCUT2D eigenvalue weighted by Crippen LogP contribution is 2.34. The fraction of sp³-hybridized carbons (Fsp3) is 0.350. The van der Waals surface area contributed by atoms with Crippen LogP contribution in [0.25, 0.3) is 0 Å². The van der Waals surface area contributed by atoms with E-state index in [0.717, 1.165) is 30.8 Å². The number of benzene rings is 2. The number of amides is 1. The molecule has 2 unspecified atom stereocenters. The molecule has 5 nitrogen and oxygen atoms in total. The molecular weight excluding hydrogens is 316 g/mol. The fourth-order valence-corrected chi connectivity index (χ4v) is 3.45. The number of carbonyl (C=O) groups is 1. The predicted molar refractivity (Wildman–Crippen MR) is 95.9 cm³/mol. The number of likely N-dealkylation sites (tertiary alicyclic amines) is 1. The second-order valence-electron chi connectivity index (χ2n) is 6.60. The van der Waals surface area contributed by atoms with Crippen molar-refractivity contribution in [2.24, 2.45) is 0 Å². The van der Waals surface area contributed by atoms with Crippen molar-refractivity contribution < 1.29 is 14.3 Å². The predicted octanol–water partition coefficient (Wildman–Crippen LogP) is 3.06. The molecule has 0 saturated carbocycles. The van der Waals surface area contributed by atoms with Crippen molar-refractivity contribution in [2.45, 2.75) is 31.8 Å². The van der Waals surface area contributed by atoms with Crippen molar-refractivity contribution >= 4 is 11.6 Å². The zero-order chi connectivity index (χ0) is 17.2. The summed E-state index contributed by atoms with van der Waals surface area (Å²) in [5, 5.41) is 2.99. The lowest BCUT2D eigenvalue weighted by atomic mass is 9.93. The minimum Gasteiger partial charge on any atom is -0.454 e. The molecule has 2 aliphatic rings. The Bertz CT molecular complexity index is 763. The summed E-state index contributed by atoms with van der Waals surface area (Å²) in [6.07, 6.45) is 2.12. The van der Waals surface area contributed by atoms with Crippen LogP contribution in [0.2, 0.25) is 0 Å². The number of anilines is 1. The van der Waals surface area contributed by atoms with Crippen LogP contribution in [-0.4, -0.2) is 36.2 Å². The quantitative estimate of drug-likeness (QED) is 0.910. The molecule has 1 fully saturated rings. The molecule has 0 spiro atoms. The Kier molecular flexibility index (Phi) is 4.32. The number of nitrogens with zero attached hydrogens (tertiary/aromatic N) is 1. The average molecular weight is 338 g/mol. The number of hydrogen-bond donors (Lipinski definition) is 1. The molecule has 2 aromatic rings. The molecule has 4 rings (SSSR count). The van der Waals surface area contributed by atoms with Gasteiger partial charge < -0.3 is 14.8 Å². The van der Waals surface area contributed by atoms with Gasteiger partial charge in [0, 0.05) is 24.3 Å². The van der Waals surface area contributed by atoms with Crippen LogP contribution in [0.4, 0.5) is 5.69 Å². The van der Waals surface area contributed by atoms with Gasteiger partial charge in [-0.3, -0.25) is 9.69 Å². The highest BCUT2D eigenvalue weighted by Gasteiger charge is 2.35. The molecule has 5 heteroatoms. The van der Waals surface area contributed by atoms with Gasteiger partial charge >= 0.3 is 0 Å². The minimum atomic E-state index is -0.159. The van der Waals surface area contributed by atoms with Gasteiger partial charge in [0.05, 0.1) is 6.04 Å². The molecule has 2 heterocycles. The van der Waals surface area contributed by atoms with E-state index in [0.29, 0.717) is 11.8 Å². The summed E-state index contributed by atoms with van der Waals surface area (Å²) in [7, 11) is 0. The van der Waals surface area contributed by atoms with Gasteiger partial charge in [-0.1, -0.05) is 30.3 Å². The van der Waals surface area contributed by atoms with Gasteiger partial charge in [0.2, 0.25) is 12.7 Å². The van der Waals surface area contributed by atoms with Crippen molar-refractivity contribution in [3.63, 3.8) is 0 Å². The van der Waals surface area contributed by atoms with Crippen LogP contribution in [-0.2, 0) is 11.2 Å². The highest BCUT2D eigenvalue weighted by molar-refractivity contribution is 5.95. The van der Waals surface area contributed by atoms with Crippen LogP contribution >= 0.6 is 0 Å². The molecule has 0 aromatic heterocycles. The largest absolute Gasteiger partial charge is 0.454 e. The second-order valence-corrected chi connectivity index (χ2v) is 6.60. The van der Waals surface area contributed by atoms with E-state index in [1.54, 1.807) is 0 Å². The fourth-order valence-electron chi connectivity index (χ4n) is 3.45. The van der Waals surface area contributed by atoms with Crippen LogP contribution in [0.15, 0.2) is 48.5 Å². The van der Waals surface area contributed by atoms with Gasteiger partial charge in [0.15, 0.2) is 11.5 Å². The highest BCUT2D eigenvalue weighted by atomic mass is 16.7. The van der Waals surface area contributed by atoms with Crippen LogP contribution in [0, 0.1) is 0 Å². The van der Waals surface area contributed by atoms with Gasteiger partial charge in [-0.25, -0.2) is 0 Å². The maximum atomic E-state index is 12.6. The Morgan fingerprint density at radius 3 is 2.76 bits per heavy atom. The van der Waals surface area contributed by atoms with E-state index >= 15 is 0 Å². The number of hydrogen-bond acceptors (Lipinski definition) is 4. The first-order valence-electron chi connectivity index (χ1n) is 8.71. The van der Waals surface area contributed by atoms with Crippen molar-refractivity contribution in [1.82, 2.24) is 4.90 Å². The Morgan fingerprint density at radius 1 is 1.20 bits per heavy atom. The van der Waals surface area contributed by atoms with Gasteiger partial charge in [-0.05, 0) is 37.5 Å². The SMILES string of the molecule is CC(C(=O)Nc1ccc2c(c1)OCO2)N1CCC1Cc1ccccc1.